The van der Waals surface area contributed by atoms with Gasteiger partial charge in [-0.15, -0.1) is 5.10 Å². The Labute approximate surface area is 210 Å². The topological polar surface area (TPSA) is 131 Å². The van der Waals surface area contributed by atoms with Crippen molar-refractivity contribution in [3.05, 3.63) is 35.8 Å². The summed E-state index contributed by atoms with van der Waals surface area (Å²) < 4.78 is 7.86. The van der Waals surface area contributed by atoms with Gasteiger partial charge in [0.2, 0.25) is 5.95 Å². The third kappa shape index (κ3) is 5.89. The summed E-state index contributed by atoms with van der Waals surface area (Å²) in [6, 6.07) is 5.64. The summed E-state index contributed by atoms with van der Waals surface area (Å²) in [5.74, 6) is 0.964. The maximum Gasteiger partial charge on any atom is 0.306 e. The number of hydrogen-bond donors (Lipinski definition) is 2. The van der Waals surface area contributed by atoms with E-state index in [1.807, 2.05) is 39.2 Å². The molecule has 0 bridgehead atoms. The minimum absolute atomic E-state index is 0.116. The van der Waals surface area contributed by atoms with Gasteiger partial charge in [0, 0.05) is 26.8 Å². The van der Waals surface area contributed by atoms with E-state index in [-0.39, 0.29) is 12.0 Å². The van der Waals surface area contributed by atoms with Crippen molar-refractivity contribution < 1.29 is 14.6 Å². The molecule has 0 aromatic carbocycles. The van der Waals surface area contributed by atoms with Crippen LogP contribution in [0.25, 0.3) is 11.4 Å². The molecule has 0 unspecified atom stereocenters. The molecule has 0 radical (unpaired) electrons. The first-order valence-corrected chi connectivity index (χ1v) is 12.4. The van der Waals surface area contributed by atoms with Gasteiger partial charge in [0.1, 0.15) is 17.3 Å². The number of carboxylic acids is 1. The first kappa shape index (κ1) is 25.3. The van der Waals surface area contributed by atoms with Crippen molar-refractivity contribution in [3.8, 4) is 17.1 Å². The molecule has 2 atom stereocenters. The van der Waals surface area contributed by atoms with E-state index in [1.54, 1.807) is 10.9 Å². The molecule has 3 aromatic heterocycles. The van der Waals surface area contributed by atoms with E-state index in [0.717, 1.165) is 43.0 Å². The molecule has 2 N–H and O–H groups in total. The fraction of sp³-hybridized carbons (Fsp3) is 0.520. The lowest BCUT2D eigenvalue weighted by Gasteiger charge is -2.27. The Kier molecular flexibility index (Phi) is 7.97. The number of nitrogens with one attached hydrogen (secondary N) is 1. The molecule has 1 fully saturated rings. The highest BCUT2D eigenvalue weighted by atomic mass is 16.5. The standard InChI is InChI=1S/C25H34N8O3/c1-5-13-32(3)22-11-12-26-25(29-22)27-15-20-23(30-31-33(20)4)19-9-10-21(16(2)28-19)36-18-8-6-7-17(14-18)24(34)35/h9-12,17-18H,5-8,13-15H2,1-4H3,(H,34,35)(H,26,27,29)/t17-,18-/m0/s1. The van der Waals surface area contributed by atoms with Crippen molar-refractivity contribution in [1.82, 2.24) is 29.9 Å². The first-order valence-electron chi connectivity index (χ1n) is 12.4. The quantitative estimate of drug-likeness (QED) is 0.432. The highest BCUT2D eigenvalue weighted by molar-refractivity contribution is 5.70. The molecule has 4 rings (SSSR count). The van der Waals surface area contributed by atoms with Crippen LogP contribution in [-0.2, 0) is 18.4 Å². The third-order valence-electron chi connectivity index (χ3n) is 6.50. The summed E-state index contributed by atoms with van der Waals surface area (Å²) in [4.78, 5) is 27.1. The fourth-order valence-electron chi connectivity index (χ4n) is 4.49. The van der Waals surface area contributed by atoms with E-state index in [4.69, 9.17) is 9.72 Å². The molecule has 11 heteroatoms. The zero-order chi connectivity index (χ0) is 25.7. The largest absolute Gasteiger partial charge is 0.489 e. The minimum Gasteiger partial charge on any atom is -0.489 e. The molecule has 0 amide bonds. The van der Waals surface area contributed by atoms with Crippen LogP contribution in [0.2, 0.25) is 0 Å². The Morgan fingerprint density at radius 1 is 1.28 bits per heavy atom. The Morgan fingerprint density at radius 2 is 2.11 bits per heavy atom. The summed E-state index contributed by atoms with van der Waals surface area (Å²) in [6.07, 6.45) is 5.59. The molecular weight excluding hydrogens is 460 g/mol. The number of ether oxygens (including phenoxy) is 1. The van der Waals surface area contributed by atoms with Gasteiger partial charge in [0.15, 0.2) is 0 Å². The number of pyridine rings is 1. The SMILES string of the molecule is CCCN(C)c1ccnc(NCc2c(-c3ccc(O[C@H]4CCC[C@H](C(=O)O)C4)c(C)n3)nnn2C)n1. The smallest absolute Gasteiger partial charge is 0.306 e. The normalized spacial score (nSPS) is 17.6. The predicted octanol–water partition coefficient (Wildman–Crippen LogP) is 3.46. The van der Waals surface area contributed by atoms with Gasteiger partial charge in [0.05, 0.1) is 35.6 Å². The molecule has 11 nitrogen and oxygen atoms in total. The van der Waals surface area contributed by atoms with E-state index >= 15 is 0 Å². The average Bonchev–Trinajstić information content (AvgIpc) is 3.24. The number of hydrogen-bond acceptors (Lipinski definition) is 9. The minimum atomic E-state index is -0.748. The van der Waals surface area contributed by atoms with Crippen molar-refractivity contribution in [2.45, 2.75) is 58.6 Å². The van der Waals surface area contributed by atoms with Gasteiger partial charge in [-0.3, -0.25) is 4.79 Å². The van der Waals surface area contributed by atoms with Crippen LogP contribution in [0.5, 0.6) is 5.75 Å². The lowest BCUT2D eigenvalue weighted by Crippen LogP contribution is -2.29. The Hall–Kier alpha value is -3.76. The number of carbonyl (C=O) groups is 1. The monoisotopic (exact) mass is 494 g/mol. The second-order valence-electron chi connectivity index (χ2n) is 9.24. The van der Waals surface area contributed by atoms with Crippen LogP contribution in [-0.4, -0.2) is 60.7 Å². The van der Waals surface area contributed by atoms with Crippen molar-refractivity contribution in [1.29, 1.82) is 0 Å². The van der Waals surface area contributed by atoms with Gasteiger partial charge in [-0.05, 0) is 57.2 Å². The van der Waals surface area contributed by atoms with Crippen LogP contribution in [0.15, 0.2) is 24.4 Å². The molecule has 192 valence electrons. The van der Waals surface area contributed by atoms with Crippen LogP contribution < -0.4 is 15.0 Å². The van der Waals surface area contributed by atoms with Gasteiger partial charge in [-0.25, -0.2) is 14.6 Å². The van der Waals surface area contributed by atoms with Crippen LogP contribution in [0.3, 0.4) is 0 Å². The highest BCUT2D eigenvalue weighted by Crippen LogP contribution is 2.30. The molecule has 36 heavy (non-hydrogen) atoms. The van der Waals surface area contributed by atoms with Crippen LogP contribution in [0.4, 0.5) is 11.8 Å². The summed E-state index contributed by atoms with van der Waals surface area (Å²) in [5, 5.41) is 21.2. The van der Waals surface area contributed by atoms with Gasteiger partial charge >= 0.3 is 5.97 Å². The van der Waals surface area contributed by atoms with E-state index in [9.17, 15) is 9.90 Å². The van der Waals surface area contributed by atoms with Crippen molar-refractivity contribution in [2.75, 3.05) is 23.8 Å². The Morgan fingerprint density at radius 3 is 2.86 bits per heavy atom. The fourth-order valence-corrected chi connectivity index (χ4v) is 4.49. The van der Waals surface area contributed by atoms with E-state index < -0.39 is 5.97 Å². The molecule has 1 aliphatic rings. The second-order valence-corrected chi connectivity index (χ2v) is 9.24. The van der Waals surface area contributed by atoms with Crippen LogP contribution in [0, 0.1) is 12.8 Å². The maximum atomic E-state index is 11.4. The van der Waals surface area contributed by atoms with Crippen LogP contribution in [0.1, 0.15) is 50.4 Å². The number of rotatable bonds is 10. The van der Waals surface area contributed by atoms with Gasteiger partial charge in [-0.2, -0.15) is 4.98 Å². The Bertz CT molecular complexity index is 1200. The molecule has 1 aliphatic carbocycles. The molecule has 0 aliphatic heterocycles. The van der Waals surface area contributed by atoms with Gasteiger partial charge in [0.25, 0.3) is 0 Å². The average molecular weight is 495 g/mol. The first-order chi connectivity index (χ1) is 17.4. The number of carboxylic acid groups (broad SMARTS) is 1. The Balaban J connectivity index is 1.46. The molecule has 1 saturated carbocycles. The molecular formula is C25H34N8O3. The molecule has 3 aromatic rings. The van der Waals surface area contributed by atoms with E-state index in [0.29, 0.717) is 42.5 Å². The van der Waals surface area contributed by atoms with Crippen molar-refractivity contribution in [3.63, 3.8) is 0 Å². The predicted molar refractivity (Wildman–Crippen MR) is 136 cm³/mol. The van der Waals surface area contributed by atoms with Crippen molar-refractivity contribution in [2.24, 2.45) is 13.0 Å². The lowest BCUT2D eigenvalue weighted by molar-refractivity contribution is -0.143. The maximum absolute atomic E-state index is 11.4. The number of aromatic nitrogens is 6. The number of nitrogens with zero attached hydrogens (tertiary/aromatic N) is 7. The summed E-state index contributed by atoms with van der Waals surface area (Å²) >= 11 is 0. The second kappa shape index (κ2) is 11.3. The van der Waals surface area contributed by atoms with E-state index in [1.165, 1.54) is 0 Å². The van der Waals surface area contributed by atoms with Crippen LogP contribution >= 0.6 is 0 Å². The zero-order valence-electron chi connectivity index (χ0n) is 21.3. The van der Waals surface area contributed by atoms with E-state index in [2.05, 4.69) is 37.4 Å². The highest BCUT2D eigenvalue weighted by Gasteiger charge is 2.28. The molecule has 3 heterocycles. The van der Waals surface area contributed by atoms with Crippen molar-refractivity contribution >= 4 is 17.7 Å². The number of anilines is 2. The van der Waals surface area contributed by atoms with Gasteiger partial charge in [-0.1, -0.05) is 12.1 Å². The third-order valence-corrected chi connectivity index (χ3v) is 6.50. The number of aryl methyl sites for hydroxylation is 2. The lowest BCUT2D eigenvalue weighted by atomic mass is 9.87. The summed E-state index contributed by atoms with van der Waals surface area (Å²) in [5.41, 5.74) is 2.93. The molecule has 0 spiro atoms. The summed E-state index contributed by atoms with van der Waals surface area (Å²) in [6.45, 7) is 5.36. The summed E-state index contributed by atoms with van der Waals surface area (Å²) in [7, 11) is 3.85. The zero-order valence-corrected chi connectivity index (χ0v) is 21.3. The van der Waals surface area contributed by atoms with Gasteiger partial charge < -0.3 is 20.1 Å². The number of aliphatic carboxylic acids is 1. The molecule has 0 saturated heterocycles.